The van der Waals surface area contributed by atoms with Gasteiger partial charge in [-0.3, -0.25) is 0 Å². The van der Waals surface area contributed by atoms with Gasteiger partial charge in [0.2, 0.25) is 0 Å². The number of alkyl halides is 3. The molecule has 0 spiro atoms. The van der Waals surface area contributed by atoms with Crippen LogP contribution in [0.25, 0.3) is 5.57 Å². The molecule has 18 heavy (non-hydrogen) atoms. The van der Waals surface area contributed by atoms with E-state index < -0.39 is 17.7 Å². The first kappa shape index (κ1) is 13.0. The van der Waals surface area contributed by atoms with Gasteiger partial charge in [0.05, 0.1) is 11.5 Å². The summed E-state index contributed by atoms with van der Waals surface area (Å²) in [7, 11) is 0. The Balaban J connectivity index is 2.54. The second kappa shape index (κ2) is 5.06. The topological polar surface area (TPSA) is 20.2 Å². The molecule has 0 aliphatic carbocycles. The number of aliphatic hydroxyl groups excluding tert-OH is 1. The smallest absolute Gasteiger partial charge is 0.390 e. The van der Waals surface area contributed by atoms with Gasteiger partial charge in [0, 0.05) is 5.57 Å². The molecule has 1 aromatic rings. The number of allylic oxidation sites excluding steroid dienone is 2. The van der Waals surface area contributed by atoms with Gasteiger partial charge in [0.15, 0.2) is 0 Å². The Kier molecular flexibility index (Phi) is 3.66. The first-order valence-electron chi connectivity index (χ1n) is 5.13. The van der Waals surface area contributed by atoms with Gasteiger partial charge < -0.3 is 5.11 Å². The molecule has 2 rings (SSSR count). The van der Waals surface area contributed by atoms with Crippen molar-refractivity contribution in [3.8, 4) is 0 Å². The maximum atomic E-state index is 13.0. The lowest BCUT2D eigenvalue weighted by Crippen LogP contribution is -2.13. The molecular formula is C13H9F3OS. The summed E-state index contributed by atoms with van der Waals surface area (Å²) in [6, 6.07) is 8.33. The zero-order chi connectivity index (χ0) is 13.2. The lowest BCUT2D eigenvalue weighted by atomic mass is 10.1. The molecule has 0 bridgehead atoms. The summed E-state index contributed by atoms with van der Waals surface area (Å²) in [5, 5.41) is 8.90. The minimum Gasteiger partial charge on any atom is -0.390 e. The maximum Gasteiger partial charge on any atom is 0.423 e. The Morgan fingerprint density at radius 2 is 1.83 bits per heavy atom. The van der Waals surface area contributed by atoms with Crippen LogP contribution in [0.4, 0.5) is 13.2 Å². The summed E-state index contributed by atoms with van der Waals surface area (Å²) in [5.74, 6) is 0. The second-order valence-electron chi connectivity index (χ2n) is 3.58. The molecular weight excluding hydrogens is 261 g/mol. The van der Waals surface area contributed by atoms with Crippen molar-refractivity contribution >= 4 is 17.3 Å². The van der Waals surface area contributed by atoms with Crippen LogP contribution in [-0.2, 0) is 0 Å². The number of hydrogen-bond donors (Lipinski definition) is 1. The van der Waals surface area contributed by atoms with Gasteiger partial charge in [0.1, 0.15) is 4.91 Å². The van der Waals surface area contributed by atoms with Gasteiger partial charge in [-0.2, -0.15) is 13.2 Å². The minimum absolute atomic E-state index is 0.0882. The standard InChI is InChI=1S/C13H9F3OS/c14-13(15,16)12-11(7-6-10(8-17)18-12)9-4-2-1-3-5-9/h1-5,7,17H,8H2. The molecule has 0 atom stereocenters. The van der Waals surface area contributed by atoms with Crippen LogP contribution in [0.15, 0.2) is 51.9 Å². The van der Waals surface area contributed by atoms with Gasteiger partial charge in [-0.25, -0.2) is 0 Å². The van der Waals surface area contributed by atoms with Gasteiger partial charge in [-0.1, -0.05) is 42.1 Å². The first-order valence-corrected chi connectivity index (χ1v) is 5.95. The summed E-state index contributed by atoms with van der Waals surface area (Å²) in [5.41, 5.74) is 3.24. The molecule has 0 fully saturated rings. The third-order valence-corrected chi connectivity index (χ3v) is 3.48. The number of thioether (sulfide) groups is 1. The van der Waals surface area contributed by atoms with Crippen LogP contribution in [0.5, 0.6) is 0 Å². The van der Waals surface area contributed by atoms with Crippen LogP contribution in [-0.4, -0.2) is 17.9 Å². The Morgan fingerprint density at radius 3 is 2.39 bits per heavy atom. The Labute approximate surface area is 106 Å². The first-order chi connectivity index (χ1) is 8.52. The highest BCUT2D eigenvalue weighted by Gasteiger charge is 2.38. The van der Waals surface area contributed by atoms with Crippen LogP contribution in [0.2, 0.25) is 0 Å². The van der Waals surface area contributed by atoms with E-state index in [1.54, 1.807) is 30.3 Å². The molecule has 1 heterocycles. The molecule has 1 N–H and O–H groups in total. The van der Waals surface area contributed by atoms with E-state index in [-0.39, 0.29) is 10.5 Å². The van der Waals surface area contributed by atoms with Crippen LogP contribution >= 0.6 is 11.8 Å². The lowest BCUT2D eigenvalue weighted by molar-refractivity contribution is -0.0830. The molecule has 0 aromatic heterocycles. The van der Waals surface area contributed by atoms with E-state index in [0.29, 0.717) is 17.3 Å². The molecule has 5 heteroatoms. The van der Waals surface area contributed by atoms with Crippen molar-refractivity contribution in [2.24, 2.45) is 0 Å². The van der Waals surface area contributed by atoms with E-state index in [0.717, 1.165) is 0 Å². The van der Waals surface area contributed by atoms with E-state index in [2.05, 4.69) is 5.73 Å². The molecule has 0 unspecified atom stereocenters. The van der Waals surface area contributed by atoms with Crippen LogP contribution < -0.4 is 0 Å². The lowest BCUT2D eigenvalue weighted by Gasteiger charge is -2.18. The molecule has 1 aromatic carbocycles. The average Bonchev–Trinajstić information content (AvgIpc) is 2.38. The maximum absolute atomic E-state index is 13.0. The predicted octanol–water partition coefficient (Wildman–Crippen LogP) is 3.74. The van der Waals surface area contributed by atoms with E-state index >= 15 is 0 Å². The number of aliphatic hydroxyl groups is 1. The molecule has 0 amide bonds. The van der Waals surface area contributed by atoms with E-state index in [4.69, 9.17) is 5.11 Å². The summed E-state index contributed by atoms with van der Waals surface area (Å²) in [4.78, 5) is -0.543. The van der Waals surface area contributed by atoms with Crippen molar-refractivity contribution in [2.75, 3.05) is 6.61 Å². The van der Waals surface area contributed by atoms with E-state index in [9.17, 15) is 13.2 Å². The molecule has 0 saturated carbocycles. The molecule has 0 radical (unpaired) electrons. The molecule has 0 saturated heterocycles. The molecule has 94 valence electrons. The molecule has 1 aliphatic heterocycles. The quantitative estimate of drug-likeness (QED) is 0.826. The van der Waals surface area contributed by atoms with Crippen molar-refractivity contribution in [1.29, 1.82) is 0 Å². The van der Waals surface area contributed by atoms with E-state index in [1.165, 1.54) is 6.08 Å². The zero-order valence-corrected chi connectivity index (χ0v) is 9.98. The third-order valence-electron chi connectivity index (χ3n) is 2.33. The minimum atomic E-state index is -4.44. The predicted molar refractivity (Wildman–Crippen MR) is 65.7 cm³/mol. The van der Waals surface area contributed by atoms with Crippen molar-refractivity contribution in [3.63, 3.8) is 0 Å². The van der Waals surface area contributed by atoms with Crippen LogP contribution in [0, 0.1) is 0 Å². The third kappa shape index (κ3) is 2.70. The molecule has 1 aliphatic rings. The fourth-order valence-corrected chi connectivity index (χ4v) is 2.38. The highest BCUT2D eigenvalue weighted by Crippen LogP contribution is 2.45. The summed E-state index contributed by atoms with van der Waals surface area (Å²) in [6.07, 6.45) is -3.16. The van der Waals surface area contributed by atoms with Crippen LogP contribution in [0.3, 0.4) is 0 Å². The average molecular weight is 270 g/mol. The Bertz CT molecular complexity index is 537. The van der Waals surface area contributed by atoms with E-state index in [1.807, 2.05) is 0 Å². The largest absolute Gasteiger partial charge is 0.423 e. The normalized spacial score (nSPS) is 15.9. The van der Waals surface area contributed by atoms with Gasteiger partial charge in [0.25, 0.3) is 0 Å². The Hall–Kier alpha value is -1.42. The fraction of sp³-hybridized carbons (Fsp3) is 0.154. The highest BCUT2D eigenvalue weighted by atomic mass is 32.2. The summed E-state index contributed by atoms with van der Waals surface area (Å²) >= 11 is 0.520. The fourth-order valence-electron chi connectivity index (χ4n) is 1.55. The Morgan fingerprint density at radius 1 is 1.17 bits per heavy atom. The van der Waals surface area contributed by atoms with Gasteiger partial charge in [-0.15, -0.1) is 5.73 Å². The van der Waals surface area contributed by atoms with Gasteiger partial charge in [-0.05, 0) is 11.6 Å². The van der Waals surface area contributed by atoms with Crippen molar-refractivity contribution < 1.29 is 18.3 Å². The highest BCUT2D eigenvalue weighted by molar-refractivity contribution is 8.07. The van der Waals surface area contributed by atoms with Crippen molar-refractivity contribution in [2.45, 2.75) is 6.18 Å². The van der Waals surface area contributed by atoms with Crippen molar-refractivity contribution in [3.05, 3.63) is 57.5 Å². The summed E-state index contributed by atoms with van der Waals surface area (Å²) in [6.45, 7) is -0.442. The number of benzene rings is 1. The van der Waals surface area contributed by atoms with Gasteiger partial charge >= 0.3 is 6.18 Å². The number of rotatable bonds is 2. The second-order valence-corrected chi connectivity index (χ2v) is 4.68. The van der Waals surface area contributed by atoms with Crippen LogP contribution in [0.1, 0.15) is 5.56 Å². The van der Waals surface area contributed by atoms with Crippen molar-refractivity contribution in [1.82, 2.24) is 0 Å². The summed E-state index contributed by atoms with van der Waals surface area (Å²) < 4.78 is 38.9. The zero-order valence-electron chi connectivity index (χ0n) is 9.16. The molecule has 1 nitrogen and oxygen atoms in total. The number of halogens is 3. The monoisotopic (exact) mass is 270 g/mol. The SMILES string of the molecule is OCC1=C=CC(c2ccccc2)=C(C(F)(F)F)S1. The number of hydrogen-bond acceptors (Lipinski definition) is 2.